The average molecular weight is 488 g/mol. The van der Waals surface area contributed by atoms with E-state index in [0.29, 0.717) is 0 Å². The number of halogens is 3. The van der Waals surface area contributed by atoms with Gasteiger partial charge in [-0.05, 0) is 79.4 Å². The van der Waals surface area contributed by atoms with E-state index in [4.69, 9.17) is 0 Å². The van der Waals surface area contributed by atoms with Crippen LogP contribution < -0.4 is 0 Å². The molecule has 0 aliphatic carbocycles. The van der Waals surface area contributed by atoms with Crippen LogP contribution in [0.2, 0.25) is 0 Å². The molecule has 1 unspecified atom stereocenters. The van der Waals surface area contributed by atoms with E-state index in [1.807, 2.05) is 19.1 Å². The van der Waals surface area contributed by atoms with Crippen LogP contribution in [0, 0.1) is 11.6 Å². The number of nitrogens with zero attached hydrogens (tertiary/aromatic N) is 1. The Hall–Kier alpha value is -2.08. The standard InChI is InChI=1S/C26H28BrF2NO/c1-19(18-31)30(17-20-4-2-5-23(27)16-20)15-3-6-26(21-7-11-24(28)12-8-21)22-9-13-25(29)14-10-22/h2,4-5,7-14,16,19,26,31H,3,6,15,17-18H2,1H3. The molecule has 0 fully saturated rings. The summed E-state index contributed by atoms with van der Waals surface area (Å²) in [5, 5.41) is 9.73. The normalized spacial score (nSPS) is 12.5. The van der Waals surface area contributed by atoms with Crippen molar-refractivity contribution in [1.29, 1.82) is 0 Å². The fraction of sp³-hybridized carbons (Fsp3) is 0.308. The van der Waals surface area contributed by atoms with Crippen LogP contribution in [0.3, 0.4) is 0 Å². The second-order valence-corrected chi connectivity index (χ2v) is 8.85. The molecule has 0 aliphatic heterocycles. The summed E-state index contributed by atoms with van der Waals surface area (Å²) in [5.74, 6) is -0.476. The van der Waals surface area contributed by atoms with Crippen molar-refractivity contribution in [3.8, 4) is 0 Å². The molecule has 0 aromatic heterocycles. The zero-order valence-corrected chi connectivity index (χ0v) is 19.2. The molecule has 0 spiro atoms. The molecule has 0 saturated carbocycles. The molecule has 3 aromatic rings. The van der Waals surface area contributed by atoms with Gasteiger partial charge in [-0.2, -0.15) is 0 Å². The molecule has 0 heterocycles. The van der Waals surface area contributed by atoms with Gasteiger partial charge < -0.3 is 5.11 Å². The van der Waals surface area contributed by atoms with E-state index in [0.717, 1.165) is 41.5 Å². The zero-order chi connectivity index (χ0) is 22.2. The summed E-state index contributed by atoms with van der Waals surface area (Å²) in [7, 11) is 0. The van der Waals surface area contributed by atoms with Crippen LogP contribution in [-0.4, -0.2) is 29.2 Å². The van der Waals surface area contributed by atoms with Crippen LogP contribution >= 0.6 is 15.9 Å². The highest BCUT2D eigenvalue weighted by molar-refractivity contribution is 9.10. The van der Waals surface area contributed by atoms with E-state index in [1.54, 1.807) is 24.3 Å². The van der Waals surface area contributed by atoms with Crippen molar-refractivity contribution in [3.05, 3.63) is 106 Å². The second kappa shape index (κ2) is 11.5. The van der Waals surface area contributed by atoms with Gasteiger partial charge >= 0.3 is 0 Å². The van der Waals surface area contributed by atoms with E-state index in [2.05, 4.69) is 33.0 Å². The summed E-state index contributed by atoms with van der Waals surface area (Å²) in [5.41, 5.74) is 3.21. The fourth-order valence-electron chi connectivity index (χ4n) is 3.86. The lowest BCUT2D eigenvalue weighted by atomic mass is 9.87. The van der Waals surface area contributed by atoms with E-state index in [9.17, 15) is 13.9 Å². The van der Waals surface area contributed by atoms with Crippen molar-refractivity contribution in [2.75, 3.05) is 13.2 Å². The van der Waals surface area contributed by atoms with Crippen LogP contribution in [0.25, 0.3) is 0 Å². The van der Waals surface area contributed by atoms with Crippen LogP contribution in [0.1, 0.15) is 42.4 Å². The minimum atomic E-state index is -0.265. The third-order valence-electron chi connectivity index (χ3n) is 5.65. The van der Waals surface area contributed by atoms with Crippen molar-refractivity contribution in [2.45, 2.75) is 38.3 Å². The molecule has 31 heavy (non-hydrogen) atoms. The largest absolute Gasteiger partial charge is 0.395 e. The highest BCUT2D eigenvalue weighted by Crippen LogP contribution is 2.30. The van der Waals surface area contributed by atoms with E-state index in [1.165, 1.54) is 29.8 Å². The van der Waals surface area contributed by atoms with Gasteiger partial charge in [0, 0.05) is 23.0 Å². The van der Waals surface area contributed by atoms with Crippen LogP contribution in [0.5, 0.6) is 0 Å². The molecule has 1 N–H and O–H groups in total. The molecular weight excluding hydrogens is 460 g/mol. The van der Waals surface area contributed by atoms with Gasteiger partial charge in [-0.25, -0.2) is 8.78 Å². The monoisotopic (exact) mass is 487 g/mol. The van der Waals surface area contributed by atoms with Crippen LogP contribution in [0.15, 0.2) is 77.3 Å². The molecule has 3 rings (SSSR count). The summed E-state index contributed by atoms with van der Waals surface area (Å²) in [6.45, 7) is 3.68. The first-order chi connectivity index (χ1) is 15.0. The van der Waals surface area contributed by atoms with Crippen LogP contribution in [-0.2, 0) is 6.54 Å². The minimum absolute atomic E-state index is 0.0362. The Morgan fingerprint density at radius 2 is 1.48 bits per heavy atom. The molecule has 0 radical (unpaired) electrons. The van der Waals surface area contributed by atoms with Gasteiger partial charge in [-0.1, -0.05) is 52.3 Å². The maximum Gasteiger partial charge on any atom is 0.123 e. The quantitative estimate of drug-likeness (QED) is 0.351. The topological polar surface area (TPSA) is 23.5 Å². The van der Waals surface area contributed by atoms with E-state index < -0.39 is 0 Å². The second-order valence-electron chi connectivity index (χ2n) is 7.93. The third-order valence-corrected chi connectivity index (χ3v) is 6.14. The van der Waals surface area contributed by atoms with Gasteiger partial charge in [-0.3, -0.25) is 4.90 Å². The summed E-state index contributed by atoms with van der Waals surface area (Å²) in [4.78, 5) is 2.27. The minimum Gasteiger partial charge on any atom is -0.395 e. The maximum atomic E-state index is 13.4. The van der Waals surface area contributed by atoms with Crippen molar-refractivity contribution < 1.29 is 13.9 Å². The SMILES string of the molecule is CC(CO)N(CCCC(c1ccc(F)cc1)c1ccc(F)cc1)Cc1cccc(Br)c1. The molecule has 0 amide bonds. The lowest BCUT2D eigenvalue weighted by molar-refractivity contribution is 0.125. The molecule has 164 valence electrons. The average Bonchev–Trinajstić information content (AvgIpc) is 2.77. The summed E-state index contributed by atoms with van der Waals surface area (Å²) < 4.78 is 27.9. The predicted molar refractivity (Wildman–Crippen MR) is 125 cm³/mol. The molecule has 0 aliphatic rings. The van der Waals surface area contributed by atoms with E-state index >= 15 is 0 Å². The number of rotatable bonds is 10. The highest BCUT2D eigenvalue weighted by atomic mass is 79.9. The molecule has 2 nitrogen and oxygen atoms in total. The summed E-state index contributed by atoms with van der Waals surface area (Å²) >= 11 is 3.52. The smallest absolute Gasteiger partial charge is 0.123 e. The Labute approximate surface area is 191 Å². The predicted octanol–water partition coefficient (Wildman–Crippen LogP) is 6.52. The first-order valence-electron chi connectivity index (χ1n) is 10.6. The molecule has 5 heteroatoms. The van der Waals surface area contributed by atoms with Gasteiger partial charge in [0.05, 0.1) is 6.61 Å². The number of aliphatic hydroxyl groups excluding tert-OH is 1. The molecule has 0 saturated heterocycles. The van der Waals surface area contributed by atoms with E-state index in [-0.39, 0.29) is 30.2 Å². The summed E-state index contributed by atoms with van der Waals surface area (Å²) in [6.07, 6.45) is 1.72. The zero-order valence-electron chi connectivity index (χ0n) is 17.6. The lowest BCUT2D eigenvalue weighted by Gasteiger charge is -2.29. The number of aliphatic hydroxyl groups is 1. The Morgan fingerprint density at radius 1 is 0.903 bits per heavy atom. The molecule has 1 atom stereocenters. The Bertz CT molecular complexity index is 901. The van der Waals surface area contributed by atoms with Crippen molar-refractivity contribution in [1.82, 2.24) is 4.90 Å². The number of benzene rings is 3. The number of hydrogen-bond donors (Lipinski definition) is 1. The Morgan fingerprint density at radius 3 is 2.00 bits per heavy atom. The molecule has 0 bridgehead atoms. The number of hydrogen-bond acceptors (Lipinski definition) is 2. The van der Waals surface area contributed by atoms with Gasteiger partial charge in [-0.15, -0.1) is 0 Å². The Kier molecular flexibility index (Phi) is 8.76. The van der Waals surface area contributed by atoms with Crippen molar-refractivity contribution >= 4 is 15.9 Å². The van der Waals surface area contributed by atoms with Gasteiger partial charge in [0.1, 0.15) is 11.6 Å². The van der Waals surface area contributed by atoms with Crippen molar-refractivity contribution in [3.63, 3.8) is 0 Å². The van der Waals surface area contributed by atoms with Crippen molar-refractivity contribution in [2.24, 2.45) is 0 Å². The molecular formula is C26H28BrF2NO. The van der Waals surface area contributed by atoms with Gasteiger partial charge in [0.2, 0.25) is 0 Å². The third kappa shape index (κ3) is 6.96. The molecule has 3 aromatic carbocycles. The first-order valence-corrected chi connectivity index (χ1v) is 11.4. The van der Waals surface area contributed by atoms with Crippen LogP contribution in [0.4, 0.5) is 8.78 Å². The highest BCUT2D eigenvalue weighted by Gasteiger charge is 2.18. The Balaban J connectivity index is 1.72. The first kappa shape index (κ1) is 23.6. The lowest BCUT2D eigenvalue weighted by Crippen LogP contribution is -2.36. The maximum absolute atomic E-state index is 13.4. The fourth-order valence-corrected chi connectivity index (χ4v) is 4.30. The van der Waals surface area contributed by atoms with Gasteiger partial charge in [0.25, 0.3) is 0 Å². The van der Waals surface area contributed by atoms with Gasteiger partial charge in [0.15, 0.2) is 0 Å². The summed E-state index contributed by atoms with van der Waals surface area (Å²) in [6, 6.07) is 21.3.